The number of aromatic nitrogens is 2. The standard InChI is InChI=1S/C15H21N3/c1-4-14(15-16-9-10-17-15)18-12(3)13-8-6-5-7-11(13)2/h5-10,12,14,18H,4H2,1-3H3,(H,16,17). The molecule has 1 aromatic carbocycles. The summed E-state index contributed by atoms with van der Waals surface area (Å²) in [5.74, 6) is 1.01. The van der Waals surface area contributed by atoms with Gasteiger partial charge in [-0.1, -0.05) is 31.2 Å². The number of aromatic amines is 1. The zero-order valence-corrected chi connectivity index (χ0v) is 11.3. The van der Waals surface area contributed by atoms with Crippen LogP contribution in [0.5, 0.6) is 0 Å². The van der Waals surface area contributed by atoms with E-state index in [1.54, 1.807) is 6.20 Å². The van der Waals surface area contributed by atoms with Gasteiger partial charge in [0.05, 0.1) is 6.04 Å². The third kappa shape index (κ3) is 2.79. The van der Waals surface area contributed by atoms with Crippen molar-refractivity contribution in [3.63, 3.8) is 0 Å². The van der Waals surface area contributed by atoms with Crippen LogP contribution < -0.4 is 5.32 Å². The molecule has 0 radical (unpaired) electrons. The third-order valence-electron chi connectivity index (χ3n) is 3.36. The molecule has 96 valence electrons. The Balaban J connectivity index is 2.11. The molecule has 18 heavy (non-hydrogen) atoms. The first kappa shape index (κ1) is 12.8. The summed E-state index contributed by atoms with van der Waals surface area (Å²) < 4.78 is 0. The second-order valence-electron chi connectivity index (χ2n) is 4.68. The normalized spacial score (nSPS) is 14.4. The van der Waals surface area contributed by atoms with Crippen molar-refractivity contribution in [2.45, 2.75) is 39.3 Å². The van der Waals surface area contributed by atoms with E-state index in [2.05, 4.69) is 60.3 Å². The average molecular weight is 243 g/mol. The van der Waals surface area contributed by atoms with E-state index < -0.39 is 0 Å². The van der Waals surface area contributed by atoms with E-state index >= 15 is 0 Å². The van der Waals surface area contributed by atoms with Gasteiger partial charge in [-0.15, -0.1) is 0 Å². The summed E-state index contributed by atoms with van der Waals surface area (Å²) in [5, 5.41) is 3.63. The Hall–Kier alpha value is -1.61. The Morgan fingerprint density at radius 1 is 1.33 bits per heavy atom. The second-order valence-corrected chi connectivity index (χ2v) is 4.68. The zero-order chi connectivity index (χ0) is 13.0. The van der Waals surface area contributed by atoms with Crippen LogP contribution in [0.25, 0.3) is 0 Å². The predicted octanol–water partition coefficient (Wildman–Crippen LogP) is 3.52. The Kier molecular flexibility index (Phi) is 4.15. The molecule has 0 aliphatic carbocycles. The van der Waals surface area contributed by atoms with Gasteiger partial charge in [0, 0.05) is 18.4 Å². The Labute approximate surface area is 109 Å². The molecule has 2 rings (SSSR count). The van der Waals surface area contributed by atoms with Gasteiger partial charge in [-0.2, -0.15) is 0 Å². The van der Waals surface area contributed by atoms with Crippen LogP contribution in [0, 0.1) is 6.92 Å². The summed E-state index contributed by atoms with van der Waals surface area (Å²) in [4.78, 5) is 7.52. The molecular weight excluding hydrogens is 222 g/mol. The van der Waals surface area contributed by atoms with Gasteiger partial charge in [-0.05, 0) is 31.4 Å². The average Bonchev–Trinajstić information content (AvgIpc) is 2.90. The van der Waals surface area contributed by atoms with Crippen molar-refractivity contribution in [1.82, 2.24) is 15.3 Å². The Bertz CT molecular complexity index is 476. The highest BCUT2D eigenvalue weighted by Gasteiger charge is 2.16. The van der Waals surface area contributed by atoms with Crippen molar-refractivity contribution in [3.05, 3.63) is 53.6 Å². The van der Waals surface area contributed by atoms with Crippen molar-refractivity contribution in [2.24, 2.45) is 0 Å². The van der Waals surface area contributed by atoms with Gasteiger partial charge in [0.1, 0.15) is 5.82 Å². The molecule has 0 saturated heterocycles. The maximum Gasteiger partial charge on any atom is 0.123 e. The lowest BCUT2D eigenvalue weighted by molar-refractivity contribution is 0.440. The lowest BCUT2D eigenvalue weighted by Crippen LogP contribution is -2.25. The second kappa shape index (κ2) is 5.83. The van der Waals surface area contributed by atoms with E-state index in [1.807, 2.05) is 6.20 Å². The topological polar surface area (TPSA) is 40.7 Å². The van der Waals surface area contributed by atoms with E-state index in [1.165, 1.54) is 11.1 Å². The summed E-state index contributed by atoms with van der Waals surface area (Å²) >= 11 is 0. The largest absolute Gasteiger partial charge is 0.347 e. The van der Waals surface area contributed by atoms with Gasteiger partial charge in [-0.25, -0.2) is 4.98 Å². The van der Waals surface area contributed by atoms with Crippen molar-refractivity contribution < 1.29 is 0 Å². The first-order valence-electron chi connectivity index (χ1n) is 6.53. The fourth-order valence-electron chi connectivity index (χ4n) is 2.32. The number of aryl methyl sites for hydroxylation is 1. The Morgan fingerprint density at radius 3 is 2.72 bits per heavy atom. The van der Waals surface area contributed by atoms with Gasteiger partial charge in [0.2, 0.25) is 0 Å². The molecule has 2 atom stereocenters. The van der Waals surface area contributed by atoms with Crippen LogP contribution >= 0.6 is 0 Å². The smallest absolute Gasteiger partial charge is 0.123 e. The summed E-state index contributed by atoms with van der Waals surface area (Å²) in [5.41, 5.74) is 2.68. The number of hydrogen-bond donors (Lipinski definition) is 2. The molecule has 2 aromatic rings. The fourth-order valence-corrected chi connectivity index (χ4v) is 2.32. The molecule has 0 fully saturated rings. The highest BCUT2D eigenvalue weighted by molar-refractivity contribution is 5.28. The maximum absolute atomic E-state index is 4.34. The molecule has 0 saturated carbocycles. The molecule has 2 unspecified atom stereocenters. The molecule has 0 bridgehead atoms. The predicted molar refractivity (Wildman–Crippen MR) is 74.3 cm³/mol. The number of H-pyrrole nitrogens is 1. The van der Waals surface area contributed by atoms with Gasteiger partial charge in [0.15, 0.2) is 0 Å². The number of nitrogens with one attached hydrogen (secondary N) is 2. The van der Waals surface area contributed by atoms with E-state index in [0.29, 0.717) is 6.04 Å². The minimum Gasteiger partial charge on any atom is -0.347 e. The Morgan fingerprint density at radius 2 is 2.11 bits per heavy atom. The first-order valence-corrected chi connectivity index (χ1v) is 6.53. The maximum atomic E-state index is 4.34. The van der Waals surface area contributed by atoms with Crippen LogP contribution in [-0.4, -0.2) is 9.97 Å². The monoisotopic (exact) mass is 243 g/mol. The van der Waals surface area contributed by atoms with Crippen LogP contribution in [0.1, 0.15) is 49.3 Å². The first-order chi connectivity index (χ1) is 8.72. The lowest BCUT2D eigenvalue weighted by Gasteiger charge is -2.22. The fraction of sp³-hybridized carbons (Fsp3) is 0.400. The number of benzene rings is 1. The van der Waals surface area contributed by atoms with E-state index in [4.69, 9.17) is 0 Å². The molecule has 2 N–H and O–H groups in total. The number of nitrogens with zero attached hydrogens (tertiary/aromatic N) is 1. The molecule has 0 spiro atoms. The van der Waals surface area contributed by atoms with Crippen molar-refractivity contribution in [2.75, 3.05) is 0 Å². The molecule has 0 aliphatic rings. The SMILES string of the molecule is CCC(NC(C)c1ccccc1C)c1ncc[nH]1. The number of hydrogen-bond acceptors (Lipinski definition) is 2. The molecule has 0 aliphatic heterocycles. The quantitative estimate of drug-likeness (QED) is 0.843. The van der Waals surface area contributed by atoms with Crippen molar-refractivity contribution in [1.29, 1.82) is 0 Å². The molecule has 1 aromatic heterocycles. The highest BCUT2D eigenvalue weighted by Crippen LogP contribution is 2.21. The summed E-state index contributed by atoms with van der Waals surface area (Å²) in [7, 11) is 0. The van der Waals surface area contributed by atoms with E-state index in [9.17, 15) is 0 Å². The minimum atomic E-state index is 0.273. The third-order valence-corrected chi connectivity index (χ3v) is 3.36. The van der Waals surface area contributed by atoms with Crippen LogP contribution in [0.3, 0.4) is 0 Å². The van der Waals surface area contributed by atoms with Crippen LogP contribution in [0.4, 0.5) is 0 Å². The number of rotatable bonds is 5. The summed E-state index contributed by atoms with van der Waals surface area (Å²) in [6.07, 6.45) is 4.69. The zero-order valence-electron chi connectivity index (χ0n) is 11.3. The lowest BCUT2D eigenvalue weighted by atomic mass is 10.0. The van der Waals surface area contributed by atoms with Crippen LogP contribution in [-0.2, 0) is 0 Å². The number of imidazole rings is 1. The van der Waals surface area contributed by atoms with E-state index in [0.717, 1.165) is 12.2 Å². The summed E-state index contributed by atoms with van der Waals surface area (Å²) in [6, 6.07) is 9.10. The minimum absolute atomic E-state index is 0.273. The summed E-state index contributed by atoms with van der Waals surface area (Å²) in [6.45, 7) is 6.53. The van der Waals surface area contributed by atoms with Crippen molar-refractivity contribution in [3.8, 4) is 0 Å². The van der Waals surface area contributed by atoms with Gasteiger partial charge in [-0.3, -0.25) is 0 Å². The van der Waals surface area contributed by atoms with Gasteiger partial charge < -0.3 is 10.3 Å². The van der Waals surface area contributed by atoms with Crippen LogP contribution in [0.2, 0.25) is 0 Å². The van der Waals surface area contributed by atoms with Gasteiger partial charge >= 0.3 is 0 Å². The van der Waals surface area contributed by atoms with E-state index in [-0.39, 0.29) is 6.04 Å². The molecule has 3 heteroatoms. The molecule has 3 nitrogen and oxygen atoms in total. The molecular formula is C15H21N3. The molecule has 0 amide bonds. The molecule has 1 heterocycles. The van der Waals surface area contributed by atoms with Gasteiger partial charge in [0.25, 0.3) is 0 Å². The van der Waals surface area contributed by atoms with Crippen molar-refractivity contribution >= 4 is 0 Å². The highest BCUT2D eigenvalue weighted by atomic mass is 15.0. The van der Waals surface area contributed by atoms with Crippen LogP contribution in [0.15, 0.2) is 36.7 Å².